The lowest BCUT2D eigenvalue weighted by Gasteiger charge is -2.13. The van der Waals surface area contributed by atoms with Crippen LogP contribution in [0.1, 0.15) is 17.5 Å². The zero-order valence-electron chi connectivity index (χ0n) is 14.1. The summed E-state index contributed by atoms with van der Waals surface area (Å²) in [7, 11) is 0. The molecule has 6 heteroatoms. The van der Waals surface area contributed by atoms with Gasteiger partial charge in [0, 0.05) is 17.1 Å². The summed E-state index contributed by atoms with van der Waals surface area (Å²) in [4.78, 5) is 24.7. The quantitative estimate of drug-likeness (QED) is 0.873. The van der Waals surface area contributed by atoms with Gasteiger partial charge in [-0.15, -0.1) is 0 Å². The molecule has 1 atom stereocenters. The molecule has 2 N–H and O–H groups in total. The summed E-state index contributed by atoms with van der Waals surface area (Å²) >= 11 is 5.94. The highest BCUT2D eigenvalue weighted by atomic mass is 35.5. The van der Waals surface area contributed by atoms with Gasteiger partial charge in [-0.25, -0.2) is 0 Å². The summed E-state index contributed by atoms with van der Waals surface area (Å²) in [6.45, 7) is 4.14. The third kappa shape index (κ3) is 4.12. The Morgan fingerprint density at radius 3 is 2.80 bits per heavy atom. The zero-order valence-corrected chi connectivity index (χ0v) is 14.8. The van der Waals surface area contributed by atoms with Crippen molar-refractivity contribution in [1.29, 1.82) is 0 Å². The van der Waals surface area contributed by atoms with E-state index in [2.05, 4.69) is 10.6 Å². The van der Waals surface area contributed by atoms with Crippen LogP contribution in [0, 0.1) is 19.8 Å². The monoisotopic (exact) mass is 358 g/mol. The van der Waals surface area contributed by atoms with Crippen molar-refractivity contribution in [2.24, 2.45) is 5.92 Å². The highest BCUT2D eigenvalue weighted by molar-refractivity contribution is 6.31. The van der Waals surface area contributed by atoms with E-state index in [1.54, 1.807) is 18.2 Å². The van der Waals surface area contributed by atoms with E-state index >= 15 is 0 Å². The SMILES string of the molecule is Cc1ccc(NC(=O)C[C@H]2COc3ccc(Cl)cc3NC2=O)cc1C. The minimum absolute atomic E-state index is 0.0421. The molecule has 0 spiro atoms. The topological polar surface area (TPSA) is 67.4 Å². The molecule has 0 aliphatic carbocycles. The van der Waals surface area contributed by atoms with Gasteiger partial charge in [0.1, 0.15) is 12.4 Å². The number of ether oxygens (including phenoxy) is 1. The second-order valence-corrected chi connectivity index (χ2v) is 6.63. The Hall–Kier alpha value is -2.53. The number of nitrogens with one attached hydrogen (secondary N) is 2. The van der Waals surface area contributed by atoms with Gasteiger partial charge in [-0.2, -0.15) is 0 Å². The van der Waals surface area contributed by atoms with E-state index in [-0.39, 0.29) is 24.8 Å². The van der Waals surface area contributed by atoms with Crippen LogP contribution in [0.5, 0.6) is 5.75 Å². The molecule has 0 saturated carbocycles. The molecule has 0 fully saturated rings. The summed E-state index contributed by atoms with van der Waals surface area (Å²) in [5, 5.41) is 6.11. The van der Waals surface area contributed by atoms with Crippen LogP contribution in [-0.2, 0) is 9.59 Å². The summed E-state index contributed by atoms with van der Waals surface area (Å²) < 4.78 is 5.65. The van der Waals surface area contributed by atoms with E-state index in [0.29, 0.717) is 16.5 Å². The van der Waals surface area contributed by atoms with Crippen LogP contribution >= 0.6 is 11.6 Å². The van der Waals surface area contributed by atoms with Crippen molar-refractivity contribution >= 4 is 34.8 Å². The van der Waals surface area contributed by atoms with Crippen molar-refractivity contribution < 1.29 is 14.3 Å². The van der Waals surface area contributed by atoms with Crippen LogP contribution in [0.4, 0.5) is 11.4 Å². The van der Waals surface area contributed by atoms with Gasteiger partial charge in [-0.05, 0) is 55.3 Å². The number of aryl methyl sites for hydroxylation is 2. The molecule has 1 aliphatic heterocycles. The fourth-order valence-corrected chi connectivity index (χ4v) is 2.81. The fourth-order valence-electron chi connectivity index (χ4n) is 2.63. The molecule has 3 rings (SSSR count). The first-order valence-electron chi connectivity index (χ1n) is 8.02. The first-order chi connectivity index (χ1) is 11.9. The van der Waals surface area contributed by atoms with Crippen molar-refractivity contribution in [2.75, 3.05) is 17.2 Å². The third-order valence-electron chi connectivity index (χ3n) is 4.23. The summed E-state index contributed by atoms with van der Waals surface area (Å²) in [5.74, 6) is -0.500. The van der Waals surface area contributed by atoms with Crippen molar-refractivity contribution in [1.82, 2.24) is 0 Å². The average Bonchev–Trinajstić information content (AvgIpc) is 2.70. The molecule has 1 aliphatic rings. The Balaban J connectivity index is 1.65. The van der Waals surface area contributed by atoms with E-state index in [0.717, 1.165) is 16.8 Å². The zero-order chi connectivity index (χ0) is 18.0. The Labute approximate surface area is 151 Å². The predicted molar refractivity (Wildman–Crippen MR) is 98.2 cm³/mol. The molecule has 0 unspecified atom stereocenters. The number of fused-ring (bicyclic) bond motifs is 1. The average molecular weight is 359 g/mol. The Bertz CT molecular complexity index is 835. The van der Waals surface area contributed by atoms with Crippen LogP contribution in [0.2, 0.25) is 5.02 Å². The molecule has 5 nitrogen and oxygen atoms in total. The largest absolute Gasteiger partial charge is 0.491 e. The van der Waals surface area contributed by atoms with Gasteiger partial charge in [0.2, 0.25) is 11.8 Å². The number of anilines is 2. The Morgan fingerprint density at radius 2 is 2.04 bits per heavy atom. The van der Waals surface area contributed by atoms with Crippen molar-refractivity contribution in [2.45, 2.75) is 20.3 Å². The number of amides is 2. The molecule has 2 aromatic carbocycles. The number of rotatable bonds is 3. The first kappa shape index (κ1) is 17.3. The summed E-state index contributed by atoms with van der Waals surface area (Å²) in [6.07, 6.45) is 0.0421. The summed E-state index contributed by atoms with van der Waals surface area (Å²) in [5.41, 5.74) is 3.50. The highest BCUT2D eigenvalue weighted by Crippen LogP contribution is 2.31. The minimum atomic E-state index is -0.572. The molecule has 1 heterocycles. The van der Waals surface area contributed by atoms with Crippen molar-refractivity contribution in [3.8, 4) is 5.75 Å². The molecular weight excluding hydrogens is 340 g/mol. The standard InChI is InChI=1S/C19H19ClN2O3/c1-11-3-5-15(7-12(11)2)21-18(23)8-13-10-25-17-6-4-14(20)9-16(17)22-19(13)24/h3-7,9,13H,8,10H2,1-2H3,(H,21,23)(H,22,24)/t13-/m0/s1. The second kappa shape index (κ2) is 7.15. The maximum Gasteiger partial charge on any atom is 0.231 e. The van der Waals surface area contributed by atoms with Gasteiger partial charge in [0.25, 0.3) is 0 Å². The molecule has 2 amide bonds. The van der Waals surface area contributed by atoms with Crippen molar-refractivity contribution in [3.05, 3.63) is 52.5 Å². The van der Waals surface area contributed by atoms with Crippen molar-refractivity contribution in [3.63, 3.8) is 0 Å². The van der Waals surface area contributed by atoms with E-state index < -0.39 is 5.92 Å². The second-order valence-electron chi connectivity index (χ2n) is 6.19. The van der Waals surface area contributed by atoms with Crippen LogP contribution in [-0.4, -0.2) is 18.4 Å². The maximum absolute atomic E-state index is 12.4. The van der Waals surface area contributed by atoms with Gasteiger partial charge >= 0.3 is 0 Å². The lowest BCUT2D eigenvalue weighted by molar-refractivity contribution is -0.125. The van der Waals surface area contributed by atoms with Gasteiger partial charge in [-0.1, -0.05) is 17.7 Å². The molecular formula is C19H19ClN2O3. The number of benzene rings is 2. The number of halogens is 1. The van der Waals surface area contributed by atoms with E-state index in [9.17, 15) is 9.59 Å². The normalized spacial score (nSPS) is 16.3. The lowest BCUT2D eigenvalue weighted by atomic mass is 10.0. The lowest BCUT2D eigenvalue weighted by Crippen LogP contribution is -2.29. The Kier molecular flexibility index (Phi) is 4.95. The van der Waals surface area contributed by atoms with Gasteiger partial charge in [-0.3, -0.25) is 9.59 Å². The number of hydrogen-bond acceptors (Lipinski definition) is 3. The molecule has 2 aromatic rings. The van der Waals surface area contributed by atoms with E-state index in [4.69, 9.17) is 16.3 Å². The van der Waals surface area contributed by atoms with Gasteiger partial charge < -0.3 is 15.4 Å². The molecule has 130 valence electrons. The third-order valence-corrected chi connectivity index (χ3v) is 4.47. The van der Waals surface area contributed by atoms with E-state index in [1.807, 2.05) is 32.0 Å². The van der Waals surface area contributed by atoms with Gasteiger partial charge in [0.15, 0.2) is 0 Å². The predicted octanol–water partition coefficient (Wildman–Crippen LogP) is 3.93. The maximum atomic E-state index is 12.4. The smallest absolute Gasteiger partial charge is 0.231 e. The van der Waals surface area contributed by atoms with Crippen LogP contribution in [0.15, 0.2) is 36.4 Å². The van der Waals surface area contributed by atoms with Crippen LogP contribution in [0.25, 0.3) is 0 Å². The van der Waals surface area contributed by atoms with E-state index in [1.165, 1.54) is 0 Å². The fraction of sp³-hybridized carbons (Fsp3) is 0.263. The minimum Gasteiger partial charge on any atom is -0.491 e. The van der Waals surface area contributed by atoms with Crippen LogP contribution < -0.4 is 15.4 Å². The number of carbonyl (C=O) groups excluding carboxylic acids is 2. The molecule has 0 bridgehead atoms. The first-order valence-corrected chi connectivity index (χ1v) is 8.40. The summed E-state index contributed by atoms with van der Waals surface area (Å²) in [6, 6.07) is 10.7. The number of carbonyl (C=O) groups is 2. The van der Waals surface area contributed by atoms with Crippen LogP contribution in [0.3, 0.4) is 0 Å². The molecule has 0 saturated heterocycles. The molecule has 25 heavy (non-hydrogen) atoms. The number of hydrogen-bond donors (Lipinski definition) is 2. The highest BCUT2D eigenvalue weighted by Gasteiger charge is 2.27. The Morgan fingerprint density at radius 1 is 1.24 bits per heavy atom. The molecule has 0 aromatic heterocycles. The molecule has 0 radical (unpaired) electrons. The van der Waals surface area contributed by atoms with Gasteiger partial charge in [0.05, 0.1) is 11.6 Å².